The van der Waals surface area contributed by atoms with Crippen LogP contribution in [-0.2, 0) is 19.8 Å². The molecule has 1 aliphatic heterocycles. The SMILES string of the molecule is COc1nccc(C)c1N1CCC(NC(C)c2cn(C)nc2NCc2ccccc2C(F)(F)F)CC1. The van der Waals surface area contributed by atoms with Crippen molar-refractivity contribution in [1.82, 2.24) is 20.1 Å². The number of piperidine rings is 1. The van der Waals surface area contributed by atoms with Gasteiger partial charge in [0, 0.05) is 56.7 Å². The lowest BCUT2D eigenvalue weighted by Gasteiger charge is -2.36. The molecule has 3 aromatic rings. The van der Waals surface area contributed by atoms with Gasteiger partial charge in [-0.25, -0.2) is 4.98 Å². The molecular formula is C26H33F3N6O. The van der Waals surface area contributed by atoms with Gasteiger partial charge in [0.1, 0.15) is 5.69 Å². The summed E-state index contributed by atoms with van der Waals surface area (Å²) in [5.41, 5.74) is 2.67. The van der Waals surface area contributed by atoms with Crippen LogP contribution in [0.5, 0.6) is 5.88 Å². The maximum Gasteiger partial charge on any atom is 0.416 e. The summed E-state index contributed by atoms with van der Waals surface area (Å²) in [6.07, 6.45) is 1.17. The molecule has 1 atom stereocenters. The molecule has 0 spiro atoms. The molecule has 2 N–H and O–H groups in total. The molecule has 0 radical (unpaired) electrons. The lowest BCUT2D eigenvalue weighted by Crippen LogP contribution is -2.43. The topological polar surface area (TPSA) is 67.2 Å². The summed E-state index contributed by atoms with van der Waals surface area (Å²) in [5, 5.41) is 11.3. The molecule has 7 nitrogen and oxygen atoms in total. The van der Waals surface area contributed by atoms with E-state index in [0.29, 0.717) is 17.7 Å². The van der Waals surface area contributed by atoms with E-state index >= 15 is 0 Å². The zero-order valence-electron chi connectivity index (χ0n) is 21.1. The fourth-order valence-electron chi connectivity index (χ4n) is 4.86. The van der Waals surface area contributed by atoms with Crippen LogP contribution in [0.25, 0.3) is 0 Å². The number of ether oxygens (including phenoxy) is 1. The van der Waals surface area contributed by atoms with Crippen molar-refractivity contribution in [2.75, 3.05) is 30.4 Å². The highest BCUT2D eigenvalue weighted by Gasteiger charge is 2.33. The Morgan fingerprint density at radius 2 is 1.89 bits per heavy atom. The first-order valence-corrected chi connectivity index (χ1v) is 12.1. The average Bonchev–Trinajstić information content (AvgIpc) is 3.23. The number of hydrogen-bond donors (Lipinski definition) is 2. The normalized spacial score (nSPS) is 15.7. The van der Waals surface area contributed by atoms with Crippen molar-refractivity contribution in [1.29, 1.82) is 0 Å². The summed E-state index contributed by atoms with van der Waals surface area (Å²) in [7, 11) is 3.45. The van der Waals surface area contributed by atoms with Crippen LogP contribution in [0.15, 0.2) is 42.7 Å². The molecule has 0 aliphatic carbocycles. The number of aryl methyl sites for hydroxylation is 2. The third kappa shape index (κ3) is 5.75. The van der Waals surface area contributed by atoms with Crippen LogP contribution in [0.1, 0.15) is 48.1 Å². The molecular weight excluding hydrogens is 469 g/mol. The summed E-state index contributed by atoms with van der Waals surface area (Å²) >= 11 is 0. The van der Waals surface area contributed by atoms with Gasteiger partial charge in [-0.1, -0.05) is 18.2 Å². The van der Waals surface area contributed by atoms with Crippen molar-refractivity contribution in [3.8, 4) is 5.88 Å². The number of methoxy groups -OCH3 is 1. The Labute approximate surface area is 209 Å². The Balaban J connectivity index is 1.39. The van der Waals surface area contributed by atoms with Crippen LogP contribution in [-0.4, -0.2) is 41.0 Å². The number of halogens is 3. The quantitative estimate of drug-likeness (QED) is 0.448. The van der Waals surface area contributed by atoms with E-state index in [-0.39, 0.29) is 18.2 Å². The second kappa shape index (κ2) is 10.8. The van der Waals surface area contributed by atoms with Gasteiger partial charge in [0.05, 0.1) is 12.7 Å². The number of rotatable bonds is 8. The Morgan fingerprint density at radius 3 is 2.58 bits per heavy atom. The molecule has 1 aliphatic rings. The summed E-state index contributed by atoms with van der Waals surface area (Å²) in [4.78, 5) is 6.67. The zero-order chi connectivity index (χ0) is 25.9. The van der Waals surface area contributed by atoms with E-state index in [2.05, 4.69) is 39.5 Å². The zero-order valence-corrected chi connectivity index (χ0v) is 21.1. The Bertz CT molecular complexity index is 1170. The number of alkyl halides is 3. The van der Waals surface area contributed by atoms with Crippen molar-refractivity contribution >= 4 is 11.5 Å². The molecule has 194 valence electrons. The van der Waals surface area contributed by atoms with E-state index in [1.54, 1.807) is 24.1 Å². The van der Waals surface area contributed by atoms with E-state index in [1.807, 2.05) is 19.3 Å². The molecule has 1 aromatic carbocycles. The van der Waals surface area contributed by atoms with E-state index in [4.69, 9.17) is 4.74 Å². The van der Waals surface area contributed by atoms with Gasteiger partial charge >= 0.3 is 6.18 Å². The minimum atomic E-state index is -4.40. The second-order valence-electron chi connectivity index (χ2n) is 9.25. The molecule has 0 bridgehead atoms. The lowest BCUT2D eigenvalue weighted by atomic mass is 10.0. The van der Waals surface area contributed by atoms with Gasteiger partial charge in [0.15, 0.2) is 5.82 Å². The molecule has 0 amide bonds. The first kappa shape index (κ1) is 25.8. The van der Waals surface area contributed by atoms with Crippen LogP contribution in [0.4, 0.5) is 24.7 Å². The first-order valence-electron chi connectivity index (χ1n) is 12.1. The van der Waals surface area contributed by atoms with Gasteiger partial charge in [-0.05, 0) is 49.9 Å². The number of pyridine rings is 1. The van der Waals surface area contributed by atoms with Crippen molar-refractivity contribution < 1.29 is 17.9 Å². The third-order valence-corrected chi connectivity index (χ3v) is 6.68. The second-order valence-corrected chi connectivity index (χ2v) is 9.25. The molecule has 2 aromatic heterocycles. The minimum Gasteiger partial charge on any atom is -0.480 e. The van der Waals surface area contributed by atoms with Crippen molar-refractivity contribution in [3.63, 3.8) is 0 Å². The van der Waals surface area contributed by atoms with E-state index in [0.717, 1.165) is 48.8 Å². The van der Waals surface area contributed by atoms with Crippen LogP contribution >= 0.6 is 0 Å². The van der Waals surface area contributed by atoms with E-state index < -0.39 is 11.7 Å². The van der Waals surface area contributed by atoms with Crippen molar-refractivity contribution in [2.24, 2.45) is 7.05 Å². The molecule has 0 saturated carbocycles. The number of nitrogens with zero attached hydrogens (tertiary/aromatic N) is 4. The standard InChI is InChI=1S/C26H33F3N6O/c1-17-9-12-30-25(36-4)23(17)35-13-10-20(11-14-35)32-18(2)21-16-34(3)33-24(21)31-15-19-7-5-6-8-22(19)26(27,28)29/h5-9,12,16,18,20,32H,10-11,13-15H2,1-4H3,(H,31,33). The minimum absolute atomic E-state index is 0.0229. The van der Waals surface area contributed by atoms with Crippen LogP contribution in [0.3, 0.4) is 0 Å². The lowest BCUT2D eigenvalue weighted by molar-refractivity contribution is -0.138. The highest BCUT2D eigenvalue weighted by atomic mass is 19.4. The van der Waals surface area contributed by atoms with Gasteiger partial charge in [-0.3, -0.25) is 4.68 Å². The van der Waals surface area contributed by atoms with Gasteiger partial charge in [0.2, 0.25) is 5.88 Å². The van der Waals surface area contributed by atoms with Crippen LogP contribution in [0, 0.1) is 6.92 Å². The molecule has 1 fully saturated rings. The maximum absolute atomic E-state index is 13.4. The van der Waals surface area contributed by atoms with Gasteiger partial charge in [-0.2, -0.15) is 18.3 Å². The van der Waals surface area contributed by atoms with Gasteiger partial charge in [0.25, 0.3) is 0 Å². The summed E-state index contributed by atoms with van der Waals surface area (Å²) in [6, 6.07) is 7.89. The molecule has 4 rings (SSSR count). The smallest absolute Gasteiger partial charge is 0.416 e. The van der Waals surface area contributed by atoms with Crippen LogP contribution in [0.2, 0.25) is 0 Å². The molecule has 1 unspecified atom stereocenters. The molecule has 1 saturated heterocycles. The predicted octanol–water partition coefficient (Wildman–Crippen LogP) is 5.08. The fourth-order valence-corrected chi connectivity index (χ4v) is 4.86. The monoisotopic (exact) mass is 502 g/mol. The number of nitrogens with one attached hydrogen (secondary N) is 2. The average molecular weight is 503 g/mol. The molecule has 3 heterocycles. The number of benzene rings is 1. The highest BCUT2D eigenvalue weighted by Crippen LogP contribution is 2.34. The number of hydrogen-bond acceptors (Lipinski definition) is 6. The summed E-state index contributed by atoms with van der Waals surface area (Å²) in [5.74, 6) is 1.23. The number of aromatic nitrogens is 3. The van der Waals surface area contributed by atoms with E-state index in [1.165, 1.54) is 12.1 Å². The third-order valence-electron chi connectivity index (χ3n) is 6.68. The summed E-state index contributed by atoms with van der Waals surface area (Å²) in [6.45, 7) is 5.92. The highest BCUT2D eigenvalue weighted by molar-refractivity contribution is 5.60. The van der Waals surface area contributed by atoms with Crippen molar-refractivity contribution in [2.45, 2.75) is 51.5 Å². The fraction of sp³-hybridized carbons (Fsp3) is 0.462. The molecule has 10 heteroatoms. The van der Waals surface area contributed by atoms with Gasteiger partial charge < -0.3 is 20.3 Å². The largest absolute Gasteiger partial charge is 0.480 e. The number of anilines is 2. The first-order chi connectivity index (χ1) is 17.2. The van der Waals surface area contributed by atoms with Crippen molar-refractivity contribution in [3.05, 3.63) is 65.0 Å². The van der Waals surface area contributed by atoms with E-state index in [9.17, 15) is 13.2 Å². The Morgan fingerprint density at radius 1 is 1.17 bits per heavy atom. The molecule has 36 heavy (non-hydrogen) atoms. The maximum atomic E-state index is 13.4. The summed E-state index contributed by atoms with van der Waals surface area (Å²) < 4.78 is 47.3. The van der Waals surface area contributed by atoms with Gasteiger partial charge in [-0.15, -0.1) is 0 Å². The van der Waals surface area contributed by atoms with Crippen LogP contribution < -0.4 is 20.3 Å². The predicted molar refractivity (Wildman–Crippen MR) is 134 cm³/mol. The Hall–Kier alpha value is -3.27. The Kier molecular flexibility index (Phi) is 7.73.